The minimum Gasteiger partial charge on any atom is -0.367 e. The predicted octanol–water partition coefficient (Wildman–Crippen LogP) is 4.23. The summed E-state index contributed by atoms with van der Waals surface area (Å²) in [5.41, 5.74) is 2.38. The largest absolute Gasteiger partial charge is 0.367 e. The van der Waals surface area contributed by atoms with Gasteiger partial charge in [0.2, 0.25) is 0 Å². The van der Waals surface area contributed by atoms with Crippen molar-refractivity contribution in [2.24, 2.45) is 0 Å². The Morgan fingerprint density at radius 2 is 1.90 bits per heavy atom. The molecular formula is C24H24FN3O2. The van der Waals surface area contributed by atoms with Crippen molar-refractivity contribution in [1.82, 2.24) is 10.3 Å². The highest BCUT2D eigenvalue weighted by atomic mass is 19.1. The van der Waals surface area contributed by atoms with Crippen molar-refractivity contribution < 1.29 is 13.9 Å². The Labute approximate surface area is 174 Å². The molecule has 30 heavy (non-hydrogen) atoms. The Hall–Kier alpha value is -2.99. The third-order valence-electron chi connectivity index (χ3n) is 5.69. The van der Waals surface area contributed by atoms with E-state index in [1.807, 2.05) is 37.3 Å². The van der Waals surface area contributed by atoms with Gasteiger partial charge >= 0.3 is 0 Å². The van der Waals surface area contributed by atoms with Crippen LogP contribution in [0, 0.1) is 5.82 Å². The molecule has 0 radical (unpaired) electrons. The van der Waals surface area contributed by atoms with Gasteiger partial charge in [-0.1, -0.05) is 30.3 Å². The molecular weight excluding hydrogens is 381 g/mol. The molecule has 2 unspecified atom stereocenters. The number of rotatable bonds is 4. The van der Waals surface area contributed by atoms with E-state index in [1.54, 1.807) is 12.1 Å². The zero-order chi connectivity index (χ0) is 20.7. The molecule has 2 fully saturated rings. The minimum atomic E-state index is -0.262. The molecule has 2 heterocycles. The van der Waals surface area contributed by atoms with Gasteiger partial charge in [0.25, 0.3) is 5.91 Å². The van der Waals surface area contributed by atoms with Crippen LogP contribution in [-0.4, -0.2) is 36.1 Å². The average Bonchev–Trinajstić information content (AvgIpc) is 3.57. The maximum atomic E-state index is 13.3. The number of fused-ring (bicyclic) bond motifs is 1. The van der Waals surface area contributed by atoms with Crippen LogP contribution in [0.15, 0.2) is 54.6 Å². The number of amides is 1. The number of morpholine rings is 1. The fourth-order valence-corrected chi connectivity index (χ4v) is 4.00. The molecule has 1 aliphatic carbocycles. The van der Waals surface area contributed by atoms with E-state index in [0.717, 1.165) is 35.1 Å². The maximum Gasteiger partial charge on any atom is 0.252 e. The monoisotopic (exact) mass is 405 g/mol. The van der Waals surface area contributed by atoms with Gasteiger partial charge in [0.05, 0.1) is 17.2 Å². The van der Waals surface area contributed by atoms with Crippen molar-refractivity contribution >= 4 is 22.6 Å². The molecule has 0 bridgehead atoms. The summed E-state index contributed by atoms with van der Waals surface area (Å²) in [6.07, 6.45) is 1.88. The van der Waals surface area contributed by atoms with Crippen LogP contribution in [0.2, 0.25) is 0 Å². The second kappa shape index (κ2) is 7.69. The number of para-hydroxylation sites is 1. The average molecular weight is 405 g/mol. The number of aromatic nitrogens is 1. The zero-order valence-electron chi connectivity index (χ0n) is 16.8. The number of nitrogens with one attached hydrogen (secondary N) is 1. The van der Waals surface area contributed by atoms with E-state index in [0.29, 0.717) is 24.7 Å². The first-order valence-corrected chi connectivity index (χ1v) is 10.4. The smallest absolute Gasteiger partial charge is 0.252 e. The molecule has 2 aromatic carbocycles. The Kier molecular flexibility index (Phi) is 4.87. The lowest BCUT2D eigenvalue weighted by Gasteiger charge is -2.38. The van der Waals surface area contributed by atoms with Gasteiger partial charge in [0, 0.05) is 24.5 Å². The Morgan fingerprint density at radius 3 is 2.67 bits per heavy atom. The number of carbonyl (C=O) groups excluding carboxylic acids is 1. The summed E-state index contributed by atoms with van der Waals surface area (Å²) in [4.78, 5) is 19.9. The SMILES string of the molecule is CC1CN(c2cc(C(=O)NC3CC3)c3ccccc3n2)CC(c2ccc(F)cc2)O1. The number of carbonyl (C=O) groups is 1. The molecule has 0 spiro atoms. The molecule has 5 nitrogen and oxygen atoms in total. The Morgan fingerprint density at radius 1 is 1.13 bits per heavy atom. The van der Waals surface area contributed by atoms with Crippen molar-refractivity contribution in [3.8, 4) is 0 Å². The number of benzene rings is 2. The van der Waals surface area contributed by atoms with Crippen LogP contribution in [0.5, 0.6) is 0 Å². The van der Waals surface area contributed by atoms with Crippen LogP contribution in [0.3, 0.4) is 0 Å². The van der Waals surface area contributed by atoms with Gasteiger partial charge in [-0.15, -0.1) is 0 Å². The van der Waals surface area contributed by atoms with Gasteiger partial charge in [0.15, 0.2) is 0 Å². The third-order valence-corrected chi connectivity index (χ3v) is 5.69. The van der Waals surface area contributed by atoms with Crippen LogP contribution in [0.4, 0.5) is 10.2 Å². The van der Waals surface area contributed by atoms with Crippen LogP contribution < -0.4 is 10.2 Å². The van der Waals surface area contributed by atoms with E-state index in [-0.39, 0.29) is 23.9 Å². The summed E-state index contributed by atoms with van der Waals surface area (Å²) in [5, 5.41) is 3.95. The number of pyridine rings is 1. The van der Waals surface area contributed by atoms with Crippen molar-refractivity contribution in [1.29, 1.82) is 0 Å². The van der Waals surface area contributed by atoms with Crippen LogP contribution in [-0.2, 0) is 4.74 Å². The van der Waals surface area contributed by atoms with E-state index >= 15 is 0 Å². The first kappa shape index (κ1) is 19.0. The van der Waals surface area contributed by atoms with Crippen molar-refractivity contribution in [3.05, 3.63) is 71.5 Å². The summed E-state index contributed by atoms with van der Waals surface area (Å²) in [6.45, 7) is 3.28. The molecule has 1 aliphatic heterocycles. The number of hydrogen-bond donors (Lipinski definition) is 1. The van der Waals surface area contributed by atoms with Crippen LogP contribution in [0.25, 0.3) is 10.9 Å². The summed E-state index contributed by atoms with van der Waals surface area (Å²) >= 11 is 0. The Balaban J connectivity index is 1.49. The highest BCUT2D eigenvalue weighted by molar-refractivity contribution is 6.07. The summed E-state index contributed by atoms with van der Waals surface area (Å²) in [6, 6.07) is 16.4. The lowest BCUT2D eigenvalue weighted by Crippen LogP contribution is -2.43. The number of hydrogen-bond acceptors (Lipinski definition) is 4. The summed E-state index contributed by atoms with van der Waals surface area (Å²) in [5.74, 6) is 0.452. The molecule has 1 saturated heterocycles. The lowest BCUT2D eigenvalue weighted by molar-refractivity contribution is -0.0176. The zero-order valence-corrected chi connectivity index (χ0v) is 16.8. The first-order chi connectivity index (χ1) is 14.6. The van der Waals surface area contributed by atoms with E-state index in [9.17, 15) is 9.18 Å². The number of anilines is 1. The highest BCUT2D eigenvalue weighted by Gasteiger charge is 2.29. The second-order valence-corrected chi connectivity index (χ2v) is 8.18. The predicted molar refractivity (Wildman–Crippen MR) is 114 cm³/mol. The van der Waals surface area contributed by atoms with E-state index in [2.05, 4.69) is 10.2 Å². The third kappa shape index (κ3) is 3.87. The summed E-state index contributed by atoms with van der Waals surface area (Å²) in [7, 11) is 0. The molecule has 2 aliphatic rings. The Bertz CT molecular complexity index is 1080. The van der Waals surface area contributed by atoms with E-state index in [1.165, 1.54) is 12.1 Å². The number of halogens is 1. The molecule has 1 aromatic heterocycles. The minimum absolute atomic E-state index is 0.0224. The first-order valence-electron chi connectivity index (χ1n) is 10.4. The molecule has 6 heteroatoms. The van der Waals surface area contributed by atoms with Crippen LogP contribution >= 0.6 is 0 Å². The lowest BCUT2D eigenvalue weighted by atomic mass is 10.0. The topological polar surface area (TPSA) is 54.5 Å². The molecule has 1 amide bonds. The fourth-order valence-electron chi connectivity index (χ4n) is 4.00. The number of nitrogens with zero attached hydrogens (tertiary/aromatic N) is 2. The van der Waals surface area contributed by atoms with Gasteiger partial charge in [-0.05, 0) is 49.6 Å². The molecule has 5 rings (SSSR count). The van der Waals surface area contributed by atoms with Gasteiger partial charge in [0.1, 0.15) is 17.7 Å². The fraction of sp³-hybridized carbons (Fsp3) is 0.333. The molecule has 3 aromatic rings. The van der Waals surface area contributed by atoms with Gasteiger partial charge in [-0.25, -0.2) is 9.37 Å². The molecule has 1 saturated carbocycles. The van der Waals surface area contributed by atoms with Gasteiger partial charge in [-0.2, -0.15) is 0 Å². The highest BCUT2D eigenvalue weighted by Crippen LogP contribution is 2.31. The van der Waals surface area contributed by atoms with Gasteiger partial charge < -0.3 is 15.0 Å². The van der Waals surface area contributed by atoms with Crippen molar-refractivity contribution in [2.45, 2.75) is 38.0 Å². The standard InChI is InChI=1S/C24H24FN3O2/c1-15-13-28(14-22(30-15)16-6-8-17(25)9-7-16)23-12-20(24(29)26-18-10-11-18)19-4-2-3-5-21(19)27-23/h2-9,12,15,18,22H,10-11,13-14H2,1H3,(H,26,29). The van der Waals surface area contributed by atoms with E-state index < -0.39 is 0 Å². The number of ether oxygens (including phenoxy) is 1. The van der Waals surface area contributed by atoms with Crippen molar-refractivity contribution in [2.75, 3.05) is 18.0 Å². The van der Waals surface area contributed by atoms with Crippen molar-refractivity contribution in [3.63, 3.8) is 0 Å². The second-order valence-electron chi connectivity index (χ2n) is 8.18. The normalized spacial score (nSPS) is 21.6. The maximum absolute atomic E-state index is 13.3. The molecule has 154 valence electrons. The molecule has 1 N–H and O–H groups in total. The van der Waals surface area contributed by atoms with Gasteiger partial charge in [-0.3, -0.25) is 4.79 Å². The van der Waals surface area contributed by atoms with Crippen LogP contribution in [0.1, 0.15) is 41.8 Å². The van der Waals surface area contributed by atoms with E-state index in [4.69, 9.17) is 9.72 Å². The quantitative estimate of drug-likeness (QED) is 0.706. The molecule has 2 atom stereocenters. The summed E-state index contributed by atoms with van der Waals surface area (Å²) < 4.78 is 19.5.